The Balaban J connectivity index is 2.30. The maximum absolute atomic E-state index is 13.4. The van der Waals surface area contributed by atoms with Gasteiger partial charge in [-0.2, -0.15) is 0 Å². The van der Waals surface area contributed by atoms with Crippen LogP contribution < -0.4 is 11.1 Å². The Morgan fingerprint density at radius 2 is 2.17 bits per heavy atom. The second-order valence-corrected chi connectivity index (χ2v) is 3.70. The second kappa shape index (κ2) is 4.44. The van der Waals surface area contributed by atoms with Crippen LogP contribution in [-0.2, 0) is 7.05 Å². The van der Waals surface area contributed by atoms with Crippen LogP contribution in [0.5, 0.6) is 0 Å². The van der Waals surface area contributed by atoms with Crippen LogP contribution in [0.15, 0.2) is 24.7 Å². The van der Waals surface area contributed by atoms with E-state index in [0.717, 1.165) is 6.07 Å². The van der Waals surface area contributed by atoms with E-state index in [1.54, 1.807) is 11.6 Å². The quantitative estimate of drug-likeness (QED) is 0.796. The maximum atomic E-state index is 13.4. The Bertz CT molecular complexity index is 609. The summed E-state index contributed by atoms with van der Waals surface area (Å²) in [6.45, 7) is 0. The molecule has 0 spiro atoms. The molecule has 1 amide bonds. The van der Waals surface area contributed by atoms with Crippen molar-refractivity contribution >= 4 is 17.3 Å². The molecule has 0 saturated heterocycles. The lowest BCUT2D eigenvalue weighted by Gasteiger charge is -2.08. The number of carbonyl (C=O) groups excluding carboxylic acids is 1. The molecule has 1 heterocycles. The smallest absolute Gasteiger partial charge is 0.275 e. The van der Waals surface area contributed by atoms with Crippen LogP contribution >= 0.6 is 0 Å². The molecule has 2 rings (SSSR count). The van der Waals surface area contributed by atoms with E-state index in [4.69, 9.17) is 5.73 Å². The first-order valence-electron chi connectivity index (χ1n) is 5.02. The molecule has 5 nitrogen and oxygen atoms in total. The molecule has 0 aliphatic rings. The monoisotopic (exact) mass is 252 g/mol. The fourth-order valence-electron chi connectivity index (χ4n) is 1.40. The summed E-state index contributed by atoms with van der Waals surface area (Å²) in [5.74, 6) is -2.94. The molecule has 0 aliphatic carbocycles. The van der Waals surface area contributed by atoms with Gasteiger partial charge in [0.2, 0.25) is 0 Å². The van der Waals surface area contributed by atoms with Gasteiger partial charge in [0.15, 0.2) is 11.6 Å². The minimum Gasteiger partial charge on any atom is -0.397 e. The molecule has 0 aliphatic heterocycles. The highest BCUT2D eigenvalue weighted by atomic mass is 19.2. The minimum absolute atomic E-state index is 0.0572. The van der Waals surface area contributed by atoms with Gasteiger partial charge >= 0.3 is 0 Å². The number of carbonyl (C=O) groups is 1. The van der Waals surface area contributed by atoms with Gasteiger partial charge in [-0.3, -0.25) is 4.79 Å². The van der Waals surface area contributed by atoms with Crippen molar-refractivity contribution in [3.63, 3.8) is 0 Å². The van der Waals surface area contributed by atoms with E-state index in [-0.39, 0.29) is 17.1 Å². The van der Waals surface area contributed by atoms with Crippen LogP contribution in [0.25, 0.3) is 0 Å². The third kappa shape index (κ3) is 2.15. The van der Waals surface area contributed by atoms with Gasteiger partial charge in [-0.15, -0.1) is 0 Å². The van der Waals surface area contributed by atoms with Crippen molar-refractivity contribution in [3.8, 4) is 0 Å². The van der Waals surface area contributed by atoms with Crippen molar-refractivity contribution in [2.24, 2.45) is 7.05 Å². The standard InChI is InChI=1S/C11H10F2N4O/c1-17-4-8(15-5-17)11(18)16-10-7(14)3-2-6(12)9(10)13/h2-5H,14H2,1H3,(H,16,18). The normalized spacial score (nSPS) is 10.4. The highest BCUT2D eigenvalue weighted by molar-refractivity contribution is 6.04. The molecule has 1 aromatic heterocycles. The van der Waals surface area contributed by atoms with Crippen LogP contribution in [0.4, 0.5) is 20.2 Å². The number of hydrogen-bond acceptors (Lipinski definition) is 3. The van der Waals surface area contributed by atoms with Gasteiger partial charge in [-0.1, -0.05) is 0 Å². The van der Waals surface area contributed by atoms with Crippen molar-refractivity contribution in [3.05, 3.63) is 42.0 Å². The van der Waals surface area contributed by atoms with Crippen molar-refractivity contribution in [2.45, 2.75) is 0 Å². The number of halogens is 2. The molecule has 7 heteroatoms. The van der Waals surface area contributed by atoms with Crippen molar-refractivity contribution < 1.29 is 13.6 Å². The Hall–Kier alpha value is -2.44. The topological polar surface area (TPSA) is 72.9 Å². The van der Waals surface area contributed by atoms with E-state index in [1.165, 1.54) is 18.6 Å². The molecular formula is C11H10F2N4O. The molecule has 3 N–H and O–H groups in total. The van der Waals surface area contributed by atoms with Gasteiger partial charge in [0.05, 0.1) is 12.0 Å². The van der Waals surface area contributed by atoms with Crippen molar-refractivity contribution in [2.75, 3.05) is 11.1 Å². The summed E-state index contributed by atoms with van der Waals surface area (Å²) in [5, 5.41) is 2.19. The number of rotatable bonds is 2. The van der Waals surface area contributed by atoms with Crippen LogP contribution in [0, 0.1) is 11.6 Å². The summed E-state index contributed by atoms with van der Waals surface area (Å²) in [6, 6.07) is 2.06. The van der Waals surface area contributed by atoms with Crippen molar-refractivity contribution in [1.82, 2.24) is 9.55 Å². The summed E-state index contributed by atoms with van der Waals surface area (Å²) in [5.41, 5.74) is 5.12. The number of hydrogen-bond donors (Lipinski definition) is 2. The lowest BCUT2D eigenvalue weighted by molar-refractivity contribution is 0.102. The Kier molecular flexibility index (Phi) is 2.97. The van der Waals surface area contributed by atoms with Gasteiger partial charge in [0.25, 0.3) is 5.91 Å². The molecule has 18 heavy (non-hydrogen) atoms. The van der Waals surface area contributed by atoms with E-state index in [9.17, 15) is 13.6 Å². The van der Waals surface area contributed by atoms with Crippen LogP contribution in [0.1, 0.15) is 10.5 Å². The van der Waals surface area contributed by atoms with Gasteiger partial charge in [-0.25, -0.2) is 13.8 Å². The molecule has 2 aromatic rings. The van der Waals surface area contributed by atoms with Gasteiger partial charge in [-0.05, 0) is 12.1 Å². The Morgan fingerprint density at radius 3 is 2.78 bits per heavy atom. The number of imidazole rings is 1. The molecule has 0 unspecified atom stereocenters. The SMILES string of the molecule is Cn1cnc(C(=O)Nc2c(N)ccc(F)c2F)c1. The third-order valence-corrected chi connectivity index (χ3v) is 2.30. The van der Waals surface area contributed by atoms with Gasteiger partial charge in [0, 0.05) is 13.2 Å². The van der Waals surface area contributed by atoms with E-state index >= 15 is 0 Å². The summed E-state index contributed by atoms with van der Waals surface area (Å²) in [6.07, 6.45) is 2.86. The van der Waals surface area contributed by atoms with Crippen LogP contribution in [-0.4, -0.2) is 15.5 Å². The molecule has 0 fully saturated rings. The zero-order valence-corrected chi connectivity index (χ0v) is 9.45. The average Bonchev–Trinajstić information content (AvgIpc) is 2.76. The Labute approximate surface area is 101 Å². The first-order valence-corrected chi connectivity index (χ1v) is 5.02. The lowest BCUT2D eigenvalue weighted by atomic mass is 10.2. The second-order valence-electron chi connectivity index (χ2n) is 3.70. The fourth-order valence-corrected chi connectivity index (χ4v) is 1.40. The number of nitrogen functional groups attached to an aromatic ring is 1. The van der Waals surface area contributed by atoms with Crippen molar-refractivity contribution in [1.29, 1.82) is 0 Å². The van der Waals surface area contributed by atoms with E-state index in [2.05, 4.69) is 10.3 Å². The minimum atomic E-state index is -1.20. The highest BCUT2D eigenvalue weighted by Crippen LogP contribution is 2.24. The Morgan fingerprint density at radius 1 is 1.44 bits per heavy atom. The number of anilines is 2. The average molecular weight is 252 g/mol. The van der Waals surface area contributed by atoms with E-state index in [0.29, 0.717) is 0 Å². The number of nitrogens with two attached hydrogens (primary N) is 1. The number of aromatic nitrogens is 2. The predicted molar refractivity (Wildman–Crippen MR) is 61.9 cm³/mol. The zero-order chi connectivity index (χ0) is 13.3. The molecule has 0 radical (unpaired) electrons. The number of nitrogens with zero attached hydrogens (tertiary/aromatic N) is 2. The van der Waals surface area contributed by atoms with E-state index in [1.807, 2.05) is 0 Å². The molecule has 1 aromatic carbocycles. The molecule has 94 valence electrons. The largest absolute Gasteiger partial charge is 0.397 e. The number of nitrogens with one attached hydrogen (secondary N) is 1. The van der Waals surface area contributed by atoms with Gasteiger partial charge < -0.3 is 15.6 Å². The highest BCUT2D eigenvalue weighted by Gasteiger charge is 2.16. The first-order chi connectivity index (χ1) is 8.49. The van der Waals surface area contributed by atoms with Crippen LogP contribution in [0.2, 0.25) is 0 Å². The van der Waals surface area contributed by atoms with E-state index < -0.39 is 17.5 Å². The summed E-state index contributed by atoms with van der Waals surface area (Å²) in [7, 11) is 1.68. The predicted octanol–water partition coefficient (Wildman–Crippen LogP) is 1.53. The summed E-state index contributed by atoms with van der Waals surface area (Å²) in [4.78, 5) is 15.5. The van der Waals surface area contributed by atoms with Crippen LogP contribution in [0.3, 0.4) is 0 Å². The number of amides is 1. The fraction of sp³-hybridized carbons (Fsp3) is 0.0909. The molecular weight excluding hydrogens is 242 g/mol. The number of aryl methyl sites for hydroxylation is 1. The van der Waals surface area contributed by atoms with Gasteiger partial charge in [0.1, 0.15) is 11.4 Å². The zero-order valence-electron chi connectivity index (χ0n) is 9.45. The first kappa shape index (κ1) is 12.0. The molecule has 0 bridgehead atoms. The molecule has 0 saturated carbocycles. The number of benzene rings is 1. The third-order valence-electron chi connectivity index (χ3n) is 2.30. The summed E-state index contributed by atoms with van der Waals surface area (Å²) < 4.78 is 28.0. The summed E-state index contributed by atoms with van der Waals surface area (Å²) >= 11 is 0. The molecule has 0 atom stereocenters. The maximum Gasteiger partial charge on any atom is 0.275 e. The lowest BCUT2D eigenvalue weighted by Crippen LogP contribution is -2.15.